The first kappa shape index (κ1) is 21.2. The van der Waals surface area contributed by atoms with E-state index in [1.54, 1.807) is 0 Å². The van der Waals surface area contributed by atoms with Crippen molar-refractivity contribution in [3.05, 3.63) is 59.7 Å². The third-order valence-electron chi connectivity index (χ3n) is 5.54. The molecule has 2 aromatic rings. The van der Waals surface area contributed by atoms with Crippen molar-refractivity contribution in [2.45, 2.75) is 39.3 Å². The van der Waals surface area contributed by atoms with Crippen molar-refractivity contribution >= 4 is 11.6 Å². The van der Waals surface area contributed by atoms with Gasteiger partial charge >= 0.3 is 0 Å². The third kappa shape index (κ3) is 5.97. The van der Waals surface area contributed by atoms with E-state index in [-0.39, 0.29) is 5.91 Å². The first-order valence-corrected chi connectivity index (χ1v) is 10.6. The fourth-order valence-corrected chi connectivity index (χ4v) is 3.48. The van der Waals surface area contributed by atoms with Crippen molar-refractivity contribution < 1.29 is 9.53 Å². The maximum Gasteiger partial charge on any atom is 0.261 e. The molecule has 0 unspecified atom stereocenters. The maximum absolute atomic E-state index is 12.6. The second-order valence-electron chi connectivity index (χ2n) is 7.69. The number of carbonyl (C=O) groups is 1. The van der Waals surface area contributed by atoms with Gasteiger partial charge in [-0.2, -0.15) is 0 Å². The van der Waals surface area contributed by atoms with E-state index in [0.29, 0.717) is 13.0 Å². The molecule has 0 aromatic heterocycles. The molecule has 2 aromatic carbocycles. The van der Waals surface area contributed by atoms with E-state index < -0.39 is 6.10 Å². The Morgan fingerprint density at radius 2 is 1.59 bits per heavy atom. The number of amides is 1. The number of hydrogen-bond donors (Lipinski definition) is 1. The Labute approximate surface area is 174 Å². The standard InChI is InChI=1S/C24H33N3O2/c1-4-19-8-12-22(13-9-19)29-23(5-2)24(28)25-18-20-6-10-21(11-7-20)27-16-14-26(3)15-17-27/h6-13,23H,4-5,14-18H2,1-3H3,(H,25,28)/t23-/m0/s1. The Morgan fingerprint density at radius 1 is 0.966 bits per heavy atom. The third-order valence-corrected chi connectivity index (χ3v) is 5.54. The molecule has 1 heterocycles. The molecule has 1 atom stereocenters. The molecular weight excluding hydrogens is 362 g/mol. The molecule has 1 saturated heterocycles. The van der Waals surface area contributed by atoms with Crippen LogP contribution in [0.3, 0.4) is 0 Å². The Kier molecular flexibility index (Phi) is 7.53. The first-order chi connectivity index (χ1) is 14.1. The van der Waals surface area contributed by atoms with Gasteiger partial charge in [0.15, 0.2) is 6.10 Å². The minimum Gasteiger partial charge on any atom is -0.481 e. The van der Waals surface area contributed by atoms with Crippen LogP contribution in [0.2, 0.25) is 0 Å². The Balaban J connectivity index is 1.50. The largest absolute Gasteiger partial charge is 0.481 e. The molecule has 5 heteroatoms. The predicted octanol–water partition coefficient (Wildman–Crippen LogP) is 3.47. The molecule has 1 amide bonds. The molecule has 3 rings (SSSR count). The van der Waals surface area contributed by atoms with Gasteiger partial charge in [-0.25, -0.2) is 0 Å². The number of anilines is 1. The molecule has 5 nitrogen and oxygen atoms in total. The zero-order valence-electron chi connectivity index (χ0n) is 17.9. The molecule has 1 fully saturated rings. The van der Waals surface area contributed by atoms with Gasteiger partial charge in [0.25, 0.3) is 5.91 Å². The number of hydrogen-bond acceptors (Lipinski definition) is 4. The quantitative estimate of drug-likeness (QED) is 0.743. The lowest BCUT2D eigenvalue weighted by molar-refractivity contribution is -0.128. The number of rotatable bonds is 8. The van der Waals surface area contributed by atoms with Crippen LogP contribution < -0.4 is 15.0 Å². The van der Waals surface area contributed by atoms with Gasteiger partial charge in [-0.1, -0.05) is 38.1 Å². The van der Waals surface area contributed by atoms with Crippen LogP contribution >= 0.6 is 0 Å². The molecule has 29 heavy (non-hydrogen) atoms. The Morgan fingerprint density at radius 3 is 2.17 bits per heavy atom. The monoisotopic (exact) mass is 395 g/mol. The molecule has 1 aliphatic heterocycles. The van der Waals surface area contributed by atoms with Gasteiger partial charge in [0.05, 0.1) is 0 Å². The second kappa shape index (κ2) is 10.3. The minimum absolute atomic E-state index is 0.0739. The molecule has 156 valence electrons. The fraction of sp³-hybridized carbons (Fsp3) is 0.458. The van der Waals surface area contributed by atoms with E-state index in [9.17, 15) is 4.79 Å². The van der Waals surface area contributed by atoms with Crippen LogP contribution in [0.5, 0.6) is 5.75 Å². The van der Waals surface area contributed by atoms with Crippen molar-refractivity contribution in [3.8, 4) is 5.75 Å². The average molecular weight is 396 g/mol. The molecule has 0 saturated carbocycles. The van der Waals surface area contributed by atoms with Gasteiger partial charge in [-0.05, 0) is 55.3 Å². The minimum atomic E-state index is -0.480. The number of aryl methyl sites for hydroxylation is 1. The van der Waals surface area contributed by atoms with Gasteiger partial charge in [-0.3, -0.25) is 4.79 Å². The summed E-state index contributed by atoms with van der Waals surface area (Å²) in [6.45, 7) is 8.90. The fourth-order valence-electron chi connectivity index (χ4n) is 3.48. The van der Waals surface area contributed by atoms with E-state index in [1.165, 1.54) is 11.3 Å². The summed E-state index contributed by atoms with van der Waals surface area (Å²) in [6, 6.07) is 16.5. The van der Waals surface area contributed by atoms with E-state index in [0.717, 1.165) is 43.9 Å². The summed E-state index contributed by atoms with van der Waals surface area (Å²) >= 11 is 0. The Hall–Kier alpha value is -2.53. The molecule has 0 radical (unpaired) electrons. The zero-order chi connectivity index (χ0) is 20.6. The normalized spacial score (nSPS) is 15.8. The lowest BCUT2D eigenvalue weighted by atomic mass is 10.1. The number of piperazine rings is 1. The van der Waals surface area contributed by atoms with Crippen LogP contribution in [-0.2, 0) is 17.8 Å². The topological polar surface area (TPSA) is 44.8 Å². The smallest absolute Gasteiger partial charge is 0.261 e. The van der Waals surface area contributed by atoms with Crippen LogP contribution in [0.25, 0.3) is 0 Å². The van der Waals surface area contributed by atoms with Crippen molar-refractivity contribution in [2.75, 3.05) is 38.1 Å². The molecule has 1 aliphatic rings. The van der Waals surface area contributed by atoms with Crippen LogP contribution in [0.1, 0.15) is 31.4 Å². The first-order valence-electron chi connectivity index (χ1n) is 10.6. The average Bonchev–Trinajstić information content (AvgIpc) is 2.77. The number of nitrogens with one attached hydrogen (secondary N) is 1. The second-order valence-corrected chi connectivity index (χ2v) is 7.69. The number of ether oxygens (including phenoxy) is 1. The van der Waals surface area contributed by atoms with Crippen LogP contribution in [0, 0.1) is 0 Å². The highest BCUT2D eigenvalue weighted by Crippen LogP contribution is 2.18. The van der Waals surface area contributed by atoms with Crippen molar-refractivity contribution in [1.29, 1.82) is 0 Å². The number of likely N-dealkylation sites (N-methyl/N-ethyl adjacent to an activating group) is 1. The van der Waals surface area contributed by atoms with Crippen LogP contribution in [-0.4, -0.2) is 50.1 Å². The summed E-state index contributed by atoms with van der Waals surface area (Å²) < 4.78 is 5.90. The van der Waals surface area contributed by atoms with E-state index in [2.05, 4.69) is 53.4 Å². The van der Waals surface area contributed by atoms with E-state index in [4.69, 9.17) is 4.74 Å². The summed E-state index contributed by atoms with van der Waals surface area (Å²) in [7, 11) is 2.16. The highest BCUT2D eigenvalue weighted by molar-refractivity contribution is 5.81. The van der Waals surface area contributed by atoms with Crippen molar-refractivity contribution in [1.82, 2.24) is 10.2 Å². The highest BCUT2D eigenvalue weighted by Gasteiger charge is 2.18. The van der Waals surface area contributed by atoms with E-state index >= 15 is 0 Å². The number of carbonyl (C=O) groups excluding carboxylic acids is 1. The lowest BCUT2D eigenvalue weighted by Crippen LogP contribution is -2.44. The van der Waals surface area contributed by atoms with Gasteiger partial charge in [0.2, 0.25) is 0 Å². The summed E-state index contributed by atoms with van der Waals surface area (Å²) in [5, 5.41) is 3.01. The van der Waals surface area contributed by atoms with E-state index in [1.807, 2.05) is 31.2 Å². The number of benzene rings is 2. The van der Waals surface area contributed by atoms with Gasteiger partial charge in [-0.15, -0.1) is 0 Å². The van der Waals surface area contributed by atoms with Gasteiger partial charge < -0.3 is 19.9 Å². The van der Waals surface area contributed by atoms with Crippen LogP contribution in [0.15, 0.2) is 48.5 Å². The highest BCUT2D eigenvalue weighted by atomic mass is 16.5. The SMILES string of the molecule is CCc1ccc(O[C@@H](CC)C(=O)NCc2ccc(N3CCN(C)CC3)cc2)cc1. The number of nitrogens with zero attached hydrogens (tertiary/aromatic N) is 2. The summed E-state index contributed by atoms with van der Waals surface area (Å²) in [6.07, 6.45) is 1.14. The summed E-state index contributed by atoms with van der Waals surface area (Å²) in [5.41, 5.74) is 3.60. The van der Waals surface area contributed by atoms with Gasteiger partial charge in [0.1, 0.15) is 5.75 Å². The molecule has 0 spiro atoms. The summed E-state index contributed by atoms with van der Waals surface area (Å²) in [5.74, 6) is 0.663. The van der Waals surface area contributed by atoms with Gasteiger partial charge in [0, 0.05) is 38.4 Å². The Bertz CT molecular complexity index is 766. The lowest BCUT2D eigenvalue weighted by Gasteiger charge is -2.34. The van der Waals surface area contributed by atoms with Crippen LogP contribution in [0.4, 0.5) is 5.69 Å². The van der Waals surface area contributed by atoms with Crippen molar-refractivity contribution in [3.63, 3.8) is 0 Å². The summed E-state index contributed by atoms with van der Waals surface area (Å²) in [4.78, 5) is 17.3. The molecule has 1 N–H and O–H groups in total. The predicted molar refractivity (Wildman–Crippen MR) is 119 cm³/mol. The molecular formula is C24H33N3O2. The van der Waals surface area contributed by atoms with Crippen molar-refractivity contribution in [2.24, 2.45) is 0 Å². The molecule has 0 bridgehead atoms. The zero-order valence-corrected chi connectivity index (χ0v) is 17.9. The molecule has 0 aliphatic carbocycles. The maximum atomic E-state index is 12.6.